The van der Waals surface area contributed by atoms with Crippen molar-refractivity contribution < 1.29 is 4.79 Å². The van der Waals surface area contributed by atoms with Crippen LogP contribution in [0.3, 0.4) is 0 Å². The fourth-order valence-corrected chi connectivity index (χ4v) is 3.50. The highest BCUT2D eigenvalue weighted by Crippen LogP contribution is 2.19. The summed E-state index contributed by atoms with van der Waals surface area (Å²) in [5, 5.41) is 6.44. The molecule has 1 aromatic heterocycles. The number of rotatable bonds is 9. The van der Waals surface area contributed by atoms with Gasteiger partial charge in [0.2, 0.25) is 17.8 Å². The van der Waals surface area contributed by atoms with Gasteiger partial charge < -0.3 is 16.4 Å². The van der Waals surface area contributed by atoms with E-state index in [1.54, 1.807) is 12.1 Å². The Kier molecular flexibility index (Phi) is 7.87. The topological polar surface area (TPSA) is 106 Å². The van der Waals surface area contributed by atoms with Gasteiger partial charge >= 0.3 is 0 Å². The van der Waals surface area contributed by atoms with Crippen molar-refractivity contribution in [3.63, 3.8) is 0 Å². The number of halogens is 1. The van der Waals surface area contributed by atoms with Crippen LogP contribution in [0.2, 0.25) is 5.02 Å². The first kappa shape index (κ1) is 21.9. The number of nitrogens with zero attached hydrogens (tertiary/aromatic N) is 3. The first-order valence-electron chi connectivity index (χ1n) is 9.46. The SMILES string of the molecule is C[C@H](SCc1nc(N)nc(Nc2ccc(Cl)cc2)n1)C(=O)NCCc1ccccc1. The van der Waals surface area contributed by atoms with Crippen LogP contribution >= 0.6 is 23.4 Å². The van der Waals surface area contributed by atoms with Crippen molar-refractivity contribution >= 4 is 46.9 Å². The minimum Gasteiger partial charge on any atom is -0.368 e. The highest BCUT2D eigenvalue weighted by Gasteiger charge is 2.14. The van der Waals surface area contributed by atoms with E-state index in [0.717, 1.165) is 12.1 Å². The van der Waals surface area contributed by atoms with Gasteiger partial charge in [-0.2, -0.15) is 15.0 Å². The van der Waals surface area contributed by atoms with E-state index < -0.39 is 0 Å². The van der Waals surface area contributed by atoms with Crippen LogP contribution in [0.1, 0.15) is 18.3 Å². The summed E-state index contributed by atoms with van der Waals surface area (Å²) in [5.74, 6) is 1.40. The third-order valence-electron chi connectivity index (χ3n) is 4.19. The summed E-state index contributed by atoms with van der Waals surface area (Å²) in [6.07, 6.45) is 0.799. The molecule has 4 N–H and O–H groups in total. The zero-order valence-corrected chi connectivity index (χ0v) is 18.1. The molecular weight excluding hydrogens is 420 g/mol. The summed E-state index contributed by atoms with van der Waals surface area (Å²) in [6, 6.07) is 17.2. The molecule has 3 rings (SSSR count). The first-order valence-corrected chi connectivity index (χ1v) is 10.9. The highest BCUT2D eigenvalue weighted by atomic mass is 35.5. The molecule has 0 aliphatic rings. The summed E-state index contributed by atoms with van der Waals surface area (Å²) in [6.45, 7) is 2.46. The molecule has 0 radical (unpaired) electrons. The van der Waals surface area contributed by atoms with Crippen LogP contribution in [0, 0.1) is 0 Å². The molecule has 0 bridgehead atoms. The lowest BCUT2D eigenvalue weighted by Crippen LogP contribution is -2.32. The van der Waals surface area contributed by atoms with E-state index in [0.29, 0.717) is 29.1 Å². The zero-order chi connectivity index (χ0) is 21.3. The predicted molar refractivity (Wildman–Crippen MR) is 123 cm³/mol. The van der Waals surface area contributed by atoms with Crippen LogP contribution < -0.4 is 16.4 Å². The standard InChI is InChI=1S/C21H23ClN6OS/c1-14(19(29)24-12-11-15-5-3-2-4-6-15)30-13-18-26-20(23)28-21(27-18)25-17-9-7-16(22)8-10-17/h2-10,14H,11-13H2,1H3,(H,24,29)(H3,23,25,26,27,28)/t14-/m0/s1. The van der Waals surface area contributed by atoms with Gasteiger partial charge in [0.05, 0.1) is 11.0 Å². The van der Waals surface area contributed by atoms with Crippen molar-refractivity contribution in [3.05, 3.63) is 71.0 Å². The lowest BCUT2D eigenvalue weighted by molar-refractivity contribution is -0.120. The van der Waals surface area contributed by atoms with E-state index in [1.165, 1.54) is 17.3 Å². The van der Waals surface area contributed by atoms with Crippen LogP contribution in [0.15, 0.2) is 54.6 Å². The van der Waals surface area contributed by atoms with Gasteiger partial charge in [0.1, 0.15) is 5.82 Å². The van der Waals surface area contributed by atoms with Gasteiger partial charge in [-0.1, -0.05) is 41.9 Å². The van der Waals surface area contributed by atoms with Crippen LogP contribution in [-0.4, -0.2) is 32.7 Å². The Bertz CT molecular complexity index is 971. The average Bonchev–Trinajstić information content (AvgIpc) is 2.74. The largest absolute Gasteiger partial charge is 0.368 e. The second-order valence-corrected chi connectivity index (χ2v) is 8.31. The molecule has 7 nitrogen and oxygen atoms in total. The molecule has 1 amide bonds. The lowest BCUT2D eigenvalue weighted by Gasteiger charge is -2.12. The molecule has 0 unspecified atom stereocenters. The highest BCUT2D eigenvalue weighted by molar-refractivity contribution is 7.99. The van der Waals surface area contributed by atoms with Crippen LogP contribution in [0.5, 0.6) is 0 Å². The molecule has 0 fully saturated rings. The molecule has 0 aliphatic carbocycles. The number of nitrogen functional groups attached to an aromatic ring is 1. The smallest absolute Gasteiger partial charge is 0.232 e. The van der Waals surface area contributed by atoms with Crippen molar-refractivity contribution in [1.29, 1.82) is 0 Å². The molecule has 1 atom stereocenters. The van der Waals surface area contributed by atoms with Crippen molar-refractivity contribution in [2.24, 2.45) is 0 Å². The fourth-order valence-electron chi connectivity index (χ4n) is 2.61. The number of amides is 1. The number of carbonyl (C=O) groups excluding carboxylic acids is 1. The molecule has 1 heterocycles. The number of aromatic nitrogens is 3. The average molecular weight is 443 g/mol. The Morgan fingerprint density at radius 3 is 2.57 bits per heavy atom. The molecule has 0 saturated carbocycles. The minimum absolute atomic E-state index is 0.0162. The van der Waals surface area contributed by atoms with Gasteiger partial charge in [0, 0.05) is 17.3 Å². The molecule has 9 heteroatoms. The predicted octanol–water partition coefficient (Wildman–Crippen LogP) is 3.83. The lowest BCUT2D eigenvalue weighted by atomic mass is 10.1. The molecule has 30 heavy (non-hydrogen) atoms. The first-order chi connectivity index (χ1) is 14.5. The number of thioether (sulfide) groups is 1. The maximum absolute atomic E-state index is 12.3. The molecule has 0 aliphatic heterocycles. The van der Waals surface area contributed by atoms with Crippen LogP contribution in [-0.2, 0) is 17.0 Å². The normalized spacial score (nSPS) is 11.7. The van der Waals surface area contributed by atoms with Crippen molar-refractivity contribution in [2.75, 3.05) is 17.6 Å². The number of nitrogens with two attached hydrogens (primary N) is 1. The van der Waals surface area contributed by atoms with Gasteiger partial charge in [-0.25, -0.2) is 0 Å². The van der Waals surface area contributed by atoms with Crippen molar-refractivity contribution in [3.8, 4) is 0 Å². The number of anilines is 3. The Labute approximate surface area is 184 Å². The van der Waals surface area contributed by atoms with Crippen LogP contribution in [0.4, 0.5) is 17.6 Å². The third-order valence-corrected chi connectivity index (χ3v) is 5.58. The molecular formula is C21H23ClN6OS. The summed E-state index contributed by atoms with van der Waals surface area (Å²) in [5.41, 5.74) is 7.79. The van der Waals surface area contributed by atoms with Gasteiger partial charge in [-0.15, -0.1) is 11.8 Å². The third kappa shape index (κ3) is 6.89. The van der Waals surface area contributed by atoms with Crippen molar-refractivity contribution in [1.82, 2.24) is 20.3 Å². The fraction of sp³-hybridized carbons (Fsp3) is 0.238. The molecule has 0 spiro atoms. The summed E-state index contributed by atoms with van der Waals surface area (Å²) in [4.78, 5) is 25.0. The summed E-state index contributed by atoms with van der Waals surface area (Å²) >= 11 is 7.34. The number of hydrogen-bond acceptors (Lipinski definition) is 7. The maximum atomic E-state index is 12.3. The van der Waals surface area contributed by atoms with E-state index in [-0.39, 0.29) is 17.1 Å². The van der Waals surface area contributed by atoms with E-state index >= 15 is 0 Å². The number of carbonyl (C=O) groups is 1. The number of nitrogens with one attached hydrogen (secondary N) is 2. The number of hydrogen-bond donors (Lipinski definition) is 3. The Hall–Kier alpha value is -2.84. The molecule has 0 saturated heterocycles. The Balaban J connectivity index is 1.49. The molecule has 156 valence electrons. The number of benzene rings is 2. The van der Waals surface area contributed by atoms with E-state index in [2.05, 4.69) is 25.6 Å². The summed E-state index contributed by atoms with van der Waals surface area (Å²) < 4.78 is 0. The molecule has 3 aromatic rings. The zero-order valence-electron chi connectivity index (χ0n) is 16.5. The Morgan fingerprint density at radius 1 is 1.10 bits per heavy atom. The van der Waals surface area contributed by atoms with E-state index in [9.17, 15) is 4.79 Å². The van der Waals surface area contributed by atoms with Gasteiger partial charge in [0.25, 0.3) is 0 Å². The second-order valence-electron chi connectivity index (χ2n) is 6.55. The maximum Gasteiger partial charge on any atom is 0.232 e. The van der Waals surface area contributed by atoms with Gasteiger partial charge in [0.15, 0.2) is 0 Å². The van der Waals surface area contributed by atoms with Crippen molar-refractivity contribution in [2.45, 2.75) is 24.3 Å². The Morgan fingerprint density at radius 2 is 1.83 bits per heavy atom. The second kappa shape index (κ2) is 10.8. The summed E-state index contributed by atoms with van der Waals surface area (Å²) in [7, 11) is 0. The van der Waals surface area contributed by atoms with E-state index in [4.69, 9.17) is 17.3 Å². The van der Waals surface area contributed by atoms with E-state index in [1.807, 2.05) is 49.4 Å². The minimum atomic E-state index is -0.244. The molecule has 2 aromatic carbocycles. The van der Waals surface area contributed by atoms with Crippen LogP contribution in [0.25, 0.3) is 0 Å². The van der Waals surface area contributed by atoms with Gasteiger partial charge in [-0.3, -0.25) is 4.79 Å². The quantitative estimate of drug-likeness (QED) is 0.462. The van der Waals surface area contributed by atoms with Gasteiger partial charge in [-0.05, 0) is 43.2 Å². The monoisotopic (exact) mass is 442 g/mol.